The molecule has 4 aromatic heterocycles. The first kappa shape index (κ1) is 31.0. The summed E-state index contributed by atoms with van der Waals surface area (Å²) >= 11 is 1.77. The summed E-state index contributed by atoms with van der Waals surface area (Å²) in [7, 11) is 0. The first-order chi connectivity index (χ1) is 27.2. The van der Waals surface area contributed by atoms with Crippen molar-refractivity contribution in [2.24, 2.45) is 0 Å². The second-order valence-corrected chi connectivity index (χ2v) is 14.6. The van der Waals surface area contributed by atoms with Gasteiger partial charge < -0.3 is 8.98 Å². The van der Waals surface area contributed by atoms with Gasteiger partial charge in [0.2, 0.25) is 0 Å². The van der Waals surface area contributed by atoms with E-state index in [1.807, 2.05) is 97.1 Å². The van der Waals surface area contributed by atoms with E-state index in [1.54, 1.807) is 11.3 Å². The van der Waals surface area contributed by atoms with Gasteiger partial charge in [-0.05, 0) is 48.5 Å². The third-order valence-corrected chi connectivity index (χ3v) is 11.7. The fraction of sp³-hybridized carbons (Fsp3) is 0. The Morgan fingerprint density at radius 1 is 0.527 bits per heavy atom. The Labute approximate surface area is 318 Å². The number of rotatable bonds is 4. The van der Waals surface area contributed by atoms with E-state index >= 15 is 0 Å². The summed E-state index contributed by atoms with van der Waals surface area (Å²) in [6, 6.07) is 55.6. The number of benzene rings is 7. The number of nitrogens with zero attached hydrogens (tertiary/aromatic N) is 5. The second-order valence-electron chi connectivity index (χ2n) is 13.5. The molecule has 7 aromatic carbocycles. The lowest BCUT2D eigenvalue weighted by atomic mass is 9.98. The third kappa shape index (κ3) is 4.65. The number of furan rings is 1. The van der Waals surface area contributed by atoms with E-state index in [2.05, 4.69) is 71.3 Å². The molecule has 0 saturated carbocycles. The zero-order valence-corrected chi connectivity index (χ0v) is 29.8. The van der Waals surface area contributed by atoms with Crippen molar-refractivity contribution in [2.75, 3.05) is 0 Å². The molecule has 7 heteroatoms. The average molecular weight is 720 g/mol. The molecule has 4 heterocycles. The SMILES string of the molecule is N#Cc1cc(-c2nc(-c3ccc4oc5ccccc5c4c3)nc(-c3ccccc3)c2C#N)ccc1-n1c2ccccc2c2ccc3c4ccccc4sc3c21. The van der Waals surface area contributed by atoms with Crippen molar-refractivity contribution in [1.29, 1.82) is 10.5 Å². The Morgan fingerprint density at radius 2 is 1.22 bits per heavy atom. The smallest absolute Gasteiger partial charge is 0.160 e. The first-order valence-corrected chi connectivity index (χ1v) is 18.7. The lowest BCUT2D eigenvalue weighted by molar-refractivity contribution is 0.669. The number of aromatic nitrogens is 3. The summed E-state index contributed by atoms with van der Waals surface area (Å²) in [5.74, 6) is 0.470. The molecule has 0 bridgehead atoms. The van der Waals surface area contributed by atoms with Gasteiger partial charge in [0, 0.05) is 53.7 Å². The summed E-state index contributed by atoms with van der Waals surface area (Å²) in [5, 5.41) is 28.2. The highest BCUT2D eigenvalue weighted by atomic mass is 32.1. The molecule has 254 valence electrons. The predicted octanol–water partition coefficient (Wildman–Crippen LogP) is 12.6. The Hall–Kier alpha value is -7.58. The van der Waals surface area contributed by atoms with Crippen molar-refractivity contribution in [2.45, 2.75) is 0 Å². The molecule has 11 aromatic rings. The first-order valence-electron chi connectivity index (χ1n) is 17.9. The van der Waals surface area contributed by atoms with Gasteiger partial charge in [0.05, 0.1) is 38.4 Å². The minimum absolute atomic E-state index is 0.338. The summed E-state index contributed by atoms with van der Waals surface area (Å²) in [6.07, 6.45) is 0. The molecule has 0 unspecified atom stereocenters. The highest BCUT2D eigenvalue weighted by Crippen LogP contribution is 2.44. The van der Waals surface area contributed by atoms with Crippen LogP contribution >= 0.6 is 11.3 Å². The number of hydrogen-bond acceptors (Lipinski definition) is 6. The number of hydrogen-bond donors (Lipinski definition) is 0. The molecule has 0 aliphatic carbocycles. The van der Waals surface area contributed by atoms with Crippen LogP contribution in [0.4, 0.5) is 0 Å². The van der Waals surface area contributed by atoms with E-state index in [-0.39, 0.29) is 0 Å². The minimum atomic E-state index is 0.338. The highest BCUT2D eigenvalue weighted by molar-refractivity contribution is 7.26. The van der Waals surface area contributed by atoms with E-state index in [0.717, 1.165) is 60.6 Å². The van der Waals surface area contributed by atoms with Crippen molar-refractivity contribution in [1.82, 2.24) is 14.5 Å². The minimum Gasteiger partial charge on any atom is -0.456 e. The molecule has 0 N–H and O–H groups in total. The molecule has 0 spiro atoms. The van der Waals surface area contributed by atoms with Gasteiger partial charge in [-0.2, -0.15) is 10.5 Å². The number of fused-ring (bicyclic) bond motifs is 10. The van der Waals surface area contributed by atoms with Crippen molar-refractivity contribution < 1.29 is 4.42 Å². The Bertz CT molecular complexity index is 3470. The van der Waals surface area contributed by atoms with Crippen LogP contribution in [0.5, 0.6) is 0 Å². The van der Waals surface area contributed by atoms with Crippen LogP contribution in [0.15, 0.2) is 156 Å². The maximum Gasteiger partial charge on any atom is 0.160 e. The van der Waals surface area contributed by atoms with Gasteiger partial charge in [-0.25, -0.2) is 9.97 Å². The molecule has 6 nitrogen and oxygen atoms in total. The molecule has 0 fully saturated rings. The quantitative estimate of drug-likeness (QED) is 0.181. The molecule has 0 radical (unpaired) electrons. The molecular formula is C48H25N5OS. The average Bonchev–Trinajstić information content (AvgIpc) is 3.92. The van der Waals surface area contributed by atoms with Crippen LogP contribution < -0.4 is 0 Å². The number of para-hydroxylation sites is 2. The van der Waals surface area contributed by atoms with Gasteiger partial charge in [-0.3, -0.25) is 0 Å². The molecule has 0 atom stereocenters. The summed E-state index contributed by atoms with van der Waals surface area (Å²) < 4.78 is 10.7. The van der Waals surface area contributed by atoms with Gasteiger partial charge in [-0.15, -0.1) is 11.3 Å². The fourth-order valence-electron chi connectivity index (χ4n) is 8.02. The van der Waals surface area contributed by atoms with Gasteiger partial charge in [0.15, 0.2) is 5.82 Å². The lowest BCUT2D eigenvalue weighted by Gasteiger charge is -2.15. The molecule has 0 amide bonds. The molecule has 55 heavy (non-hydrogen) atoms. The van der Waals surface area contributed by atoms with Crippen molar-refractivity contribution in [3.63, 3.8) is 0 Å². The largest absolute Gasteiger partial charge is 0.456 e. The number of thiophene rings is 1. The van der Waals surface area contributed by atoms with E-state index in [1.165, 1.54) is 20.2 Å². The zero-order valence-electron chi connectivity index (χ0n) is 29.0. The van der Waals surface area contributed by atoms with Crippen LogP contribution in [-0.4, -0.2) is 14.5 Å². The lowest BCUT2D eigenvalue weighted by Crippen LogP contribution is -2.02. The molecular weight excluding hydrogens is 695 g/mol. The maximum absolute atomic E-state index is 10.9. The van der Waals surface area contributed by atoms with Crippen molar-refractivity contribution in [3.05, 3.63) is 163 Å². The summed E-state index contributed by atoms with van der Waals surface area (Å²) in [4.78, 5) is 10.1. The van der Waals surface area contributed by atoms with Gasteiger partial charge in [-0.1, -0.05) is 103 Å². The Balaban J connectivity index is 1.16. The maximum atomic E-state index is 10.9. The summed E-state index contributed by atoms with van der Waals surface area (Å²) in [5.41, 5.74) is 8.46. The van der Waals surface area contributed by atoms with Crippen LogP contribution in [0.25, 0.3) is 104 Å². The van der Waals surface area contributed by atoms with Gasteiger partial charge in [0.1, 0.15) is 28.9 Å². The second kappa shape index (κ2) is 12.0. The standard InChI is InChI=1S/C48H25N5OS/c49-26-31-24-29(18-22-39(31)53-40-15-7-4-12-32(40)35-20-21-36-34-14-6-9-17-43(34)55-47(36)46(35)53)45-38(27-50)44(28-10-2-1-3-11-28)51-48(52-45)30-19-23-42-37(25-30)33-13-5-8-16-41(33)54-42/h1-25H. The third-order valence-electron chi connectivity index (χ3n) is 10.5. The normalized spacial score (nSPS) is 11.6. The van der Waals surface area contributed by atoms with E-state index in [9.17, 15) is 10.5 Å². The van der Waals surface area contributed by atoms with E-state index < -0.39 is 0 Å². The molecule has 0 aliphatic rings. The number of nitriles is 2. The molecule has 11 rings (SSSR count). The molecule has 0 saturated heterocycles. The van der Waals surface area contributed by atoms with Gasteiger partial charge in [0.25, 0.3) is 0 Å². The Kier molecular flexibility index (Phi) is 6.75. The highest BCUT2D eigenvalue weighted by Gasteiger charge is 2.23. The predicted molar refractivity (Wildman–Crippen MR) is 222 cm³/mol. The van der Waals surface area contributed by atoms with Crippen LogP contribution in [0.2, 0.25) is 0 Å². The van der Waals surface area contributed by atoms with Crippen LogP contribution in [0, 0.1) is 22.7 Å². The zero-order chi connectivity index (χ0) is 36.6. The van der Waals surface area contributed by atoms with Crippen molar-refractivity contribution in [3.8, 4) is 51.7 Å². The van der Waals surface area contributed by atoms with E-state index in [4.69, 9.17) is 14.4 Å². The fourth-order valence-corrected chi connectivity index (χ4v) is 9.26. The van der Waals surface area contributed by atoms with Crippen molar-refractivity contribution >= 4 is 75.3 Å². The topological polar surface area (TPSA) is 91.4 Å². The Morgan fingerprint density at radius 3 is 2.05 bits per heavy atom. The van der Waals surface area contributed by atoms with Crippen LogP contribution in [0.1, 0.15) is 11.1 Å². The van der Waals surface area contributed by atoms with Crippen LogP contribution in [-0.2, 0) is 0 Å². The van der Waals surface area contributed by atoms with Crippen LogP contribution in [0.3, 0.4) is 0 Å². The van der Waals surface area contributed by atoms with Gasteiger partial charge >= 0.3 is 0 Å². The van der Waals surface area contributed by atoms with E-state index in [0.29, 0.717) is 33.9 Å². The monoisotopic (exact) mass is 719 g/mol. The summed E-state index contributed by atoms with van der Waals surface area (Å²) in [6.45, 7) is 0. The molecule has 0 aliphatic heterocycles.